The normalized spacial score (nSPS) is 15.8. The van der Waals surface area contributed by atoms with Gasteiger partial charge in [-0.05, 0) is 61.0 Å². The zero-order chi connectivity index (χ0) is 19.5. The van der Waals surface area contributed by atoms with Gasteiger partial charge in [0.25, 0.3) is 0 Å². The Morgan fingerprint density at radius 3 is 2.50 bits per heavy atom. The smallest absolute Gasteiger partial charge is 0.134 e. The van der Waals surface area contributed by atoms with Crippen LogP contribution in [0, 0.1) is 0 Å². The van der Waals surface area contributed by atoms with Crippen LogP contribution < -0.4 is 5.73 Å². The molecule has 4 nitrogen and oxygen atoms in total. The number of carbonyl (C=O) groups excluding carboxylic acids is 1. The Labute approximate surface area is 166 Å². The summed E-state index contributed by atoms with van der Waals surface area (Å²) in [6, 6.07) is 15.3. The van der Waals surface area contributed by atoms with Gasteiger partial charge in [-0.25, -0.2) is 0 Å². The number of carbonyl (C=O) groups is 1. The van der Waals surface area contributed by atoms with Crippen molar-refractivity contribution in [1.82, 2.24) is 9.88 Å². The number of nitrogens with zero attached hydrogens (tertiary/aromatic N) is 2. The van der Waals surface area contributed by atoms with Crippen molar-refractivity contribution in [3.63, 3.8) is 0 Å². The molecule has 144 valence electrons. The summed E-state index contributed by atoms with van der Waals surface area (Å²) < 4.78 is 0. The molecule has 0 atom stereocenters. The summed E-state index contributed by atoms with van der Waals surface area (Å²) in [5.41, 5.74) is 10.7. The van der Waals surface area contributed by atoms with Crippen molar-refractivity contribution in [2.75, 3.05) is 13.1 Å². The van der Waals surface area contributed by atoms with Gasteiger partial charge in [-0.1, -0.05) is 36.4 Å². The van der Waals surface area contributed by atoms with E-state index in [1.807, 2.05) is 24.5 Å². The number of pyridine rings is 1. The number of hydrogen-bond donors (Lipinski definition) is 1. The number of aromatic nitrogens is 1. The summed E-state index contributed by atoms with van der Waals surface area (Å²) in [5, 5.41) is 2.37. The molecular formula is C24H27N3O. The minimum atomic E-state index is 0.183. The number of piperidine rings is 1. The average Bonchev–Trinajstić information content (AvgIpc) is 2.69. The Morgan fingerprint density at radius 1 is 1.07 bits per heavy atom. The van der Waals surface area contributed by atoms with Gasteiger partial charge in [0.1, 0.15) is 5.78 Å². The second-order valence-corrected chi connectivity index (χ2v) is 7.93. The average molecular weight is 374 g/mol. The molecule has 0 bridgehead atoms. The van der Waals surface area contributed by atoms with Crippen molar-refractivity contribution in [2.24, 2.45) is 5.73 Å². The largest absolute Gasteiger partial charge is 0.328 e. The van der Waals surface area contributed by atoms with E-state index in [1.165, 1.54) is 10.9 Å². The summed E-state index contributed by atoms with van der Waals surface area (Å²) in [6.45, 7) is 4.72. The molecule has 2 N–H and O–H groups in total. The van der Waals surface area contributed by atoms with E-state index in [0.717, 1.165) is 54.6 Å². The maximum Gasteiger partial charge on any atom is 0.134 e. The van der Waals surface area contributed by atoms with Crippen LogP contribution in [0.15, 0.2) is 54.9 Å². The Balaban J connectivity index is 1.62. The van der Waals surface area contributed by atoms with E-state index in [0.29, 0.717) is 12.5 Å². The third kappa shape index (κ3) is 4.29. The summed E-state index contributed by atoms with van der Waals surface area (Å²) in [4.78, 5) is 18.3. The first-order chi connectivity index (χ1) is 13.6. The zero-order valence-corrected chi connectivity index (χ0v) is 16.4. The Morgan fingerprint density at radius 2 is 1.79 bits per heavy atom. The van der Waals surface area contributed by atoms with Gasteiger partial charge in [0, 0.05) is 42.4 Å². The Bertz CT molecular complexity index is 973. The van der Waals surface area contributed by atoms with E-state index < -0.39 is 0 Å². The van der Waals surface area contributed by atoms with Crippen LogP contribution in [-0.2, 0) is 17.8 Å². The summed E-state index contributed by atoms with van der Waals surface area (Å²) in [5.74, 6) is 0.183. The lowest BCUT2D eigenvalue weighted by Crippen LogP contribution is -2.39. The van der Waals surface area contributed by atoms with Gasteiger partial charge in [-0.2, -0.15) is 0 Å². The van der Waals surface area contributed by atoms with Crippen molar-refractivity contribution >= 4 is 16.6 Å². The monoisotopic (exact) mass is 373 g/mol. The molecule has 2 aromatic carbocycles. The topological polar surface area (TPSA) is 59.2 Å². The lowest BCUT2D eigenvalue weighted by atomic mass is 9.97. The van der Waals surface area contributed by atoms with Crippen LogP contribution in [0.5, 0.6) is 0 Å². The number of benzene rings is 2. The quantitative estimate of drug-likeness (QED) is 0.735. The maximum atomic E-state index is 11.3. The van der Waals surface area contributed by atoms with Crippen molar-refractivity contribution in [2.45, 2.75) is 38.8 Å². The highest BCUT2D eigenvalue weighted by atomic mass is 16.1. The third-order valence-corrected chi connectivity index (χ3v) is 5.58. The predicted molar refractivity (Wildman–Crippen MR) is 114 cm³/mol. The fraction of sp³-hybridized carbons (Fsp3) is 0.333. The zero-order valence-electron chi connectivity index (χ0n) is 16.4. The molecule has 4 rings (SSSR count). The Kier molecular flexibility index (Phi) is 5.51. The standard InChI is InChI=1S/C24H27N3O/c1-17(28)12-18-2-5-20(6-3-18)24-15-26-14-21-7-4-19(13-23(21)24)16-27-10-8-22(25)9-11-27/h2-7,13-15,22H,8-12,16,25H2,1H3. The van der Waals surface area contributed by atoms with Gasteiger partial charge in [0.2, 0.25) is 0 Å². The minimum Gasteiger partial charge on any atom is -0.328 e. The van der Waals surface area contributed by atoms with Gasteiger partial charge in [0.15, 0.2) is 0 Å². The molecule has 1 aliphatic rings. The molecule has 1 saturated heterocycles. The second-order valence-electron chi connectivity index (χ2n) is 7.93. The molecular weight excluding hydrogens is 346 g/mol. The fourth-order valence-corrected chi connectivity index (χ4v) is 4.00. The molecule has 0 radical (unpaired) electrons. The van der Waals surface area contributed by atoms with E-state index in [9.17, 15) is 4.79 Å². The highest BCUT2D eigenvalue weighted by molar-refractivity contribution is 5.96. The number of hydrogen-bond acceptors (Lipinski definition) is 4. The van der Waals surface area contributed by atoms with Crippen LogP contribution >= 0.6 is 0 Å². The lowest BCUT2D eigenvalue weighted by molar-refractivity contribution is -0.116. The third-order valence-electron chi connectivity index (χ3n) is 5.58. The van der Waals surface area contributed by atoms with Crippen LogP contribution in [0.25, 0.3) is 21.9 Å². The number of ketones is 1. The number of nitrogens with two attached hydrogens (primary N) is 1. The van der Waals surface area contributed by atoms with Crippen molar-refractivity contribution in [3.8, 4) is 11.1 Å². The van der Waals surface area contributed by atoms with Crippen LogP contribution in [0.4, 0.5) is 0 Å². The first-order valence-electron chi connectivity index (χ1n) is 10.0. The van der Waals surface area contributed by atoms with Gasteiger partial charge >= 0.3 is 0 Å². The van der Waals surface area contributed by atoms with Crippen molar-refractivity contribution in [1.29, 1.82) is 0 Å². The molecule has 4 heteroatoms. The van der Waals surface area contributed by atoms with Gasteiger partial charge in [-0.15, -0.1) is 0 Å². The number of rotatable bonds is 5. The number of likely N-dealkylation sites (tertiary alicyclic amines) is 1. The van der Waals surface area contributed by atoms with Crippen molar-refractivity contribution in [3.05, 3.63) is 66.0 Å². The molecule has 2 heterocycles. The molecule has 1 aromatic heterocycles. The van der Waals surface area contributed by atoms with Crippen LogP contribution in [0.3, 0.4) is 0 Å². The summed E-state index contributed by atoms with van der Waals surface area (Å²) >= 11 is 0. The van der Waals surface area contributed by atoms with E-state index in [2.05, 4.69) is 40.2 Å². The van der Waals surface area contributed by atoms with Crippen LogP contribution in [0.2, 0.25) is 0 Å². The lowest BCUT2D eigenvalue weighted by Gasteiger charge is -2.30. The summed E-state index contributed by atoms with van der Waals surface area (Å²) in [7, 11) is 0. The van der Waals surface area contributed by atoms with E-state index >= 15 is 0 Å². The van der Waals surface area contributed by atoms with Crippen LogP contribution in [0.1, 0.15) is 30.9 Å². The number of fused-ring (bicyclic) bond motifs is 1. The highest BCUT2D eigenvalue weighted by Crippen LogP contribution is 2.29. The van der Waals surface area contributed by atoms with E-state index in [-0.39, 0.29) is 5.78 Å². The van der Waals surface area contributed by atoms with Crippen LogP contribution in [-0.4, -0.2) is 34.8 Å². The molecule has 0 aliphatic carbocycles. The molecule has 1 aliphatic heterocycles. The first kappa shape index (κ1) is 18.8. The maximum absolute atomic E-state index is 11.3. The fourth-order valence-electron chi connectivity index (χ4n) is 4.00. The molecule has 0 unspecified atom stereocenters. The van der Waals surface area contributed by atoms with Gasteiger partial charge in [-0.3, -0.25) is 14.7 Å². The molecule has 28 heavy (non-hydrogen) atoms. The SMILES string of the molecule is CC(=O)Cc1ccc(-c2cncc3ccc(CN4CCC(N)CC4)cc23)cc1. The Hall–Kier alpha value is -2.56. The number of Topliss-reactive ketones (excluding diaryl/α,β-unsaturated/α-hetero) is 1. The highest BCUT2D eigenvalue weighted by Gasteiger charge is 2.16. The van der Waals surface area contributed by atoms with Crippen molar-refractivity contribution < 1.29 is 4.79 Å². The van der Waals surface area contributed by atoms with E-state index in [1.54, 1.807) is 6.92 Å². The van der Waals surface area contributed by atoms with E-state index in [4.69, 9.17) is 5.73 Å². The first-order valence-corrected chi connectivity index (χ1v) is 10.0. The van der Waals surface area contributed by atoms with Gasteiger partial charge in [0.05, 0.1) is 0 Å². The molecule has 3 aromatic rings. The minimum absolute atomic E-state index is 0.183. The molecule has 0 amide bonds. The molecule has 0 spiro atoms. The molecule has 1 fully saturated rings. The van der Waals surface area contributed by atoms with Gasteiger partial charge < -0.3 is 5.73 Å². The second kappa shape index (κ2) is 8.21. The summed E-state index contributed by atoms with van der Waals surface area (Å²) in [6.07, 6.45) is 6.50. The molecule has 0 saturated carbocycles. The predicted octanol–water partition coefficient (Wildman–Crippen LogP) is 3.96.